The molecular weight excluding hydrogens is 663 g/mol. The number of anilines is 3. The van der Waals surface area contributed by atoms with Gasteiger partial charge in [-0.2, -0.15) is 0 Å². The largest absolute Gasteiger partial charge is 0.310 e. The van der Waals surface area contributed by atoms with Crippen LogP contribution >= 0.6 is 0 Å². The molecule has 0 N–H and O–H groups in total. The lowest BCUT2D eigenvalue weighted by Crippen LogP contribution is -2.16. The van der Waals surface area contributed by atoms with Gasteiger partial charge in [0.25, 0.3) is 0 Å². The van der Waals surface area contributed by atoms with Gasteiger partial charge in [0.1, 0.15) is 0 Å². The van der Waals surface area contributed by atoms with Crippen molar-refractivity contribution in [1.82, 2.24) is 0 Å². The predicted molar refractivity (Wildman–Crippen MR) is 235 cm³/mol. The summed E-state index contributed by atoms with van der Waals surface area (Å²) in [6.07, 6.45) is 0. The first-order valence-corrected chi connectivity index (χ1v) is 19.3. The summed E-state index contributed by atoms with van der Waals surface area (Å²) < 4.78 is 0. The number of hydrogen-bond acceptors (Lipinski definition) is 1. The smallest absolute Gasteiger partial charge is 0.0465 e. The van der Waals surface area contributed by atoms with Crippen LogP contribution in [-0.4, -0.2) is 0 Å². The predicted octanol–water partition coefficient (Wildman–Crippen LogP) is 15.1. The maximum atomic E-state index is 2.45. The highest BCUT2D eigenvalue weighted by atomic mass is 15.1. The van der Waals surface area contributed by atoms with Gasteiger partial charge < -0.3 is 4.90 Å². The topological polar surface area (TPSA) is 3.24 Å². The van der Waals surface area contributed by atoms with Crippen molar-refractivity contribution < 1.29 is 0 Å². The summed E-state index contributed by atoms with van der Waals surface area (Å²) in [5, 5.41) is 5.16. The molecule has 0 heterocycles. The van der Waals surface area contributed by atoms with E-state index in [0.29, 0.717) is 0 Å². The van der Waals surface area contributed by atoms with Crippen molar-refractivity contribution in [2.45, 2.75) is 26.2 Å². The Morgan fingerprint density at radius 2 is 0.818 bits per heavy atom. The van der Waals surface area contributed by atoms with Gasteiger partial charge in [-0.05, 0) is 133 Å². The Balaban J connectivity index is 1.02. The summed E-state index contributed by atoms with van der Waals surface area (Å²) in [6.45, 7) is 6.92. The van der Waals surface area contributed by atoms with E-state index in [1.54, 1.807) is 0 Å². The molecule has 9 aromatic carbocycles. The lowest BCUT2D eigenvalue weighted by atomic mass is 9.81. The fourth-order valence-electron chi connectivity index (χ4n) is 8.75. The summed E-state index contributed by atoms with van der Waals surface area (Å²) >= 11 is 0. The van der Waals surface area contributed by atoms with Crippen LogP contribution in [0.1, 0.15) is 30.5 Å². The van der Waals surface area contributed by atoms with Crippen LogP contribution < -0.4 is 4.90 Å². The average Bonchev–Trinajstić information content (AvgIpc) is 3.46. The van der Waals surface area contributed by atoms with Crippen molar-refractivity contribution >= 4 is 38.6 Å². The standard InChI is InChI=1S/C54H41N/c1-36-17-26-43(27-18-36)55(44-28-23-40(24-29-44)39-21-19-38(20-22-39)37-11-5-4-6-12-37)45-30-32-50-49-31-25-42(34-52(49)54(2,3)53(50)35-45)51-33-41-13-7-8-14-46(41)47-15-9-10-16-48(47)51/h4-35H,1-3H3. The Kier molecular flexibility index (Phi) is 7.78. The van der Waals surface area contributed by atoms with Gasteiger partial charge in [0, 0.05) is 22.5 Å². The zero-order valence-electron chi connectivity index (χ0n) is 31.4. The van der Waals surface area contributed by atoms with Crippen LogP contribution in [0.25, 0.3) is 66.1 Å². The van der Waals surface area contributed by atoms with Crippen molar-refractivity contribution in [3.05, 3.63) is 211 Å². The monoisotopic (exact) mass is 703 g/mol. The van der Waals surface area contributed by atoms with Gasteiger partial charge in [-0.1, -0.05) is 165 Å². The minimum atomic E-state index is -0.182. The molecule has 0 bridgehead atoms. The van der Waals surface area contributed by atoms with Crippen LogP contribution in [0.3, 0.4) is 0 Å². The van der Waals surface area contributed by atoms with Crippen LogP contribution in [0, 0.1) is 6.92 Å². The number of benzene rings is 9. The molecule has 0 saturated heterocycles. The molecule has 0 radical (unpaired) electrons. The highest BCUT2D eigenvalue weighted by molar-refractivity contribution is 6.14. The van der Waals surface area contributed by atoms with E-state index in [1.165, 1.54) is 82.7 Å². The molecule has 0 aliphatic heterocycles. The molecule has 0 unspecified atom stereocenters. The van der Waals surface area contributed by atoms with Crippen LogP contribution in [0.5, 0.6) is 0 Å². The van der Waals surface area contributed by atoms with Gasteiger partial charge >= 0.3 is 0 Å². The highest BCUT2D eigenvalue weighted by Crippen LogP contribution is 2.52. The lowest BCUT2D eigenvalue weighted by molar-refractivity contribution is 0.660. The number of rotatable bonds is 6. The molecular formula is C54H41N. The Morgan fingerprint density at radius 1 is 0.345 bits per heavy atom. The van der Waals surface area contributed by atoms with Gasteiger partial charge in [-0.3, -0.25) is 0 Å². The third-order valence-electron chi connectivity index (χ3n) is 11.7. The highest BCUT2D eigenvalue weighted by Gasteiger charge is 2.36. The summed E-state index contributed by atoms with van der Waals surface area (Å²) in [6, 6.07) is 71.5. The molecule has 1 nitrogen and oxygen atoms in total. The molecule has 262 valence electrons. The van der Waals surface area contributed by atoms with Crippen molar-refractivity contribution in [2.24, 2.45) is 0 Å². The molecule has 0 amide bonds. The molecule has 0 atom stereocenters. The van der Waals surface area contributed by atoms with Crippen LogP contribution in [0.15, 0.2) is 194 Å². The minimum absolute atomic E-state index is 0.182. The number of aryl methyl sites for hydroxylation is 1. The third kappa shape index (κ3) is 5.63. The molecule has 1 heteroatoms. The van der Waals surface area contributed by atoms with Crippen LogP contribution in [0.4, 0.5) is 17.1 Å². The van der Waals surface area contributed by atoms with Gasteiger partial charge in [0.15, 0.2) is 0 Å². The van der Waals surface area contributed by atoms with Gasteiger partial charge in [-0.15, -0.1) is 0 Å². The van der Waals surface area contributed by atoms with E-state index in [1.807, 2.05) is 0 Å². The van der Waals surface area contributed by atoms with E-state index >= 15 is 0 Å². The number of fused-ring (bicyclic) bond motifs is 6. The van der Waals surface area contributed by atoms with Crippen molar-refractivity contribution in [3.8, 4) is 44.5 Å². The van der Waals surface area contributed by atoms with Gasteiger partial charge in [-0.25, -0.2) is 0 Å². The lowest BCUT2D eigenvalue weighted by Gasteiger charge is -2.28. The zero-order valence-corrected chi connectivity index (χ0v) is 31.4. The van der Waals surface area contributed by atoms with Crippen LogP contribution in [0.2, 0.25) is 0 Å². The molecule has 0 saturated carbocycles. The van der Waals surface area contributed by atoms with Crippen LogP contribution in [-0.2, 0) is 5.41 Å². The summed E-state index contributed by atoms with van der Waals surface area (Å²) in [5.74, 6) is 0. The molecule has 0 aromatic heterocycles. The zero-order chi connectivity index (χ0) is 37.1. The molecule has 10 rings (SSSR count). The summed E-state index contributed by atoms with van der Waals surface area (Å²) in [4.78, 5) is 2.40. The van der Waals surface area contributed by atoms with Gasteiger partial charge in [0.2, 0.25) is 0 Å². The molecule has 1 aliphatic carbocycles. The summed E-state index contributed by atoms with van der Waals surface area (Å²) in [7, 11) is 0. The maximum absolute atomic E-state index is 2.45. The Hall–Kier alpha value is -6.70. The second-order valence-corrected chi connectivity index (χ2v) is 15.5. The molecule has 0 spiro atoms. The Morgan fingerprint density at radius 3 is 1.49 bits per heavy atom. The van der Waals surface area contributed by atoms with E-state index in [-0.39, 0.29) is 5.41 Å². The van der Waals surface area contributed by atoms with Crippen molar-refractivity contribution in [2.75, 3.05) is 4.90 Å². The van der Waals surface area contributed by atoms with E-state index in [0.717, 1.165) is 17.1 Å². The number of nitrogens with zero attached hydrogens (tertiary/aromatic N) is 1. The fourth-order valence-corrected chi connectivity index (χ4v) is 8.75. The third-order valence-corrected chi connectivity index (χ3v) is 11.7. The number of hydrogen-bond donors (Lipinski definition) is 0. The van der Waals surface area contributed by atoms with E-state index < -0.39 is 0 Å². The molecule has 0 fully saturated rings. The Bertz CT molecular complexity index is 2860. The Labute approximate surface area is 323 Å². The average molecular weight is 704 g/mol. The molecule has 9 aromatic rings. The molecule has 1 aliphatic rings. The molecule has 55 heavy (non-hydrogen) atoms. The first-order valence-electron chi connectivity index (χ1n) is 19.3. The SMILES string of the molecule is Cc1ccc(N(c2ccc(-c3ccc(-c4ccccc4)cc3)cc2)c2ccc3c(c2)C(C)(C)c2cc(-c4cc5ccccc5c5ccccc45)ccc2-3)cc1. The minimum Gasteiger partial charge on any atom is -0.310 e. The van der Waals surface area contributed by atoms with E-state index in [2.05, 4.69) is 220 Å². The van der Waals surface area contributed by atoms with Crippen molar-refractivity contribution in [3.63, 3.8) is 0 Å². The first kappa shape index (κ1) is 32.9. The van der Waals surface area contributed by atoms with Gasteiger partial charge in [0.05, 0.1) is 0 Å². The summed E-state index contributed by atoms with van der Waals surface area (Å²) in [5.41, 5.74) is 17.3. The normalized spacial score (nSPS) is 12.8. The fraction of sp³-hybridized carbons (Fsp3) is 0.0741. The second kappa shape index (κ2) is 13.0. The van der Waals surface area contributed by atoms with E-state index in [9.17, 15) is 0 Å². The van der Waals surface area contributed by atoms with Crippen molar-refractivity contribution in [1.29, 1.82) is 0 Å². The van der Waals surface area contributed by atoms with E-state index in [4.69, 9.17) is 0 Å². The first-order chi connectivity index (χ1) is 26.9. The second-order valence-electron chi connectivity index (χ2n) is 15.5. The quantitative estimate of drug-likeness (QED) is 0.156. The maximum Gasteiger partial charge on any atom is 0.0465 e.